The van der Waals surface area contributed by atoms with Gasteiger partial charge in [-0.2, -0.15) is 0 Å². The fourth-order valence-electron chi connectivity index (χ4n) is 3.93. The standard InChI is InChI=1S/C29H27NO/c31-29(27-19-11-4-12-20-27)28(21-24-13-5-1-6-14-24)30(22-25-15-7-2-8-16-25)23-26-17-9-3-10-18-26/h1-20,28H,21-23H2/t28-/m0/s1. The van der Waals surface area contributed by atoms with E-state index >= 15 is 0 Å². The van der Waals surface area contributed by atoms with Gasteiger partial charge < -0.3 is 0 Å². The van der Waals surface area contributed by atoms with Crippen LogP contribution in [0.3, 0.4) is 0 Å². The third kappa shape index (κ3) is 5.78. The van der Waals surface area contributed by atoms with E-state index in [0.29, 0.717) is 19.5 Å². The first-order valence-corrected chi connectivity index (χ1v) is 10.7. The van der Waals surface area contributed by atoms with Crippen molar-refractivity contribution >= 4 is 5.78 Å². The molecule has 0 saturated heterocycles. The van der Waals surface area contributed by atoms with Gasteiger partial charge in [0.2, 0.25) is 0 Å². The van der Waals surface area contributed by atoms with Gasteiger partial charge in [-0.05, 0) is 23.1 Å². The van der Waals surface area contributed by atoms with Crippen molar-refractivity contribution in [1.29, 1.82) is 0 Å². The van der Waals surface area contributed by atoms with Gasteiger partial charge in [-0.25, -0.2) is 0 Å². The Kier molecular flexibility index (Phi) is 7.04. The molecule has 0 amide bonds. The van der Waals surface area contributed by atoms with Crippen LogP contribution in [0.1, 0.15) is 27.0 Å². The summed E-state index contributed by atoms with van der Waals surface area (Å²) in [6.07, 6.45) is 0.675. The van der Waals surface area contributed by atoms with Crippen molar-refractivity contribution in [3.63, 3.8) is 0 Å². The second-order valence-corrected chi connectivity index (χ2v) is 7.81. The molecule has 0 aliphatic carbocycles. The summed E-state index contributed by atoms with van der Waals surface area (Å²) in [5.74, 6) is 0.163. The van der Waals surface area contributed by atoms with Crippen LogP contribution >= 0.6 is 0 Å². The number of benzene rings is 4. The molecular weight excluding hydrogens is 378 g/mol. The smallest absolute Gasteiger partial charge is 0.180 e. The van der Waals surface area contributed by atoms with E-state index in [-0.39, 0.29) is 11.8 Å². The van der Waals surface area contributed by atoms with E-state index < -0.39 is 0 Å². The molecule has 0 N–H and O–H groups in total. The maximum absolute atomic E-state index is 13.7. The van der Waals surface area contributed by atoms with Crippen LogP contribution in [0, 0.1) is 0 Å². The third-order valence-electron chi connectivity index (χ3n) is 5.53. The zero-order chi connectivity index (χ0) is 21.3. The lowest BCUT2D eigenvalue weighted by atomic mass is 9.95. The normalized spacial score (nSPS) is 11.9. The Morgan fingerprint density at radius 1 is 0.548 bits per heavy atom. The van der Waals surface area contributed by atoms with Gasteiger partial charge in [0.15, 0.2) is 5.78 Å². The Bertz CT molecular complexity index is 1020. The summed E-state index contributed by atoms with van der Waals surface area (Å²) in [5, 5.41) is 0. The van der Waals surface area contributed by atoms with Gasteiger partial charge in [0.1, 0.15) is 0 Å². The summed E-state index contributed by atoms with van der Waals surface area (Å²) in [6.45, 7) is 1.43. The molecule has 0 heterocycles. The number of Topliss-reactive ketones (excluding diaryl/α,β-unsaturated/α-hetero) is 1. The molecule has 154 valence electrons. The molecule has 0 saturated carbocycles. The molecule has 31 heavy (non-hydrogen) atoms. The predicted molar refractivity (Wildman–Crippen MR) is 127 cm³/mol. The third-order valence-corrected chi connectivity index (χ3v) is 5.53. The van der Waals surface area contributed by atoms with E-state index in [4.69, 9.17) is 0 Å². The minimum atomic E-state index is -0.259. The Balaban J connectivity index is 1.70. The number of hydrogen-bond acceptors (Lipinski definition) is 2. The summed E-state index contributed by atoms with van der Waals surface area (Å²) < 4.78 is 0. The lowest BCUT2D eigenvalue weighted by Gasteiger charge is -2.31. The zero-order valence-electron chi connectivity index (χ0n) is 17.6. The average molecular weight is 406 g/mol. The second-order valence-electron chi connectivity index (χ2n) is 7.81. The van der Waals surface area contributed by atoms with E-state index in [1.165, 1.54) is 16.7 Å². The highest BCUT2D eigenvalue weighted by Crippen LogP contribution is 2.20. The Morgan fingerprint density at radius 2 is 0.935 bits per heavy atom. The first-order valence-electron chi connectivity index (χ1n) is 10.7. The fourth-order valence-corrected chi connectivity index (χ4v) is 3.93. The van der Waals surface area contributed by atoms with E-state index in [2.05, 4.69) is 65.6 Å². The lowest BCUT2D eigenvalue weighted by molar-refractivity contribution is 0.0791. The van der Waals surface area contributed by atoms with Crippen molar-refractivity contribution in [2.24, 2.45) is 0 Å². The van der Waals surface area contributed by atoms with Crippen molar-refractivity contribution in [3.05, 3.63) is 144 Å². The SMILES string of the molecule is O=C(c1ccccc1)[C@H](Cc1ccccc1)N(Cc1ccccc1)Cc1ccccc1. The van der Waals surface area contributed by atoms with Gasteiger partial charge >= 0.3 is 0 Å². The number of carbonyl (C=O) groups is 1. The second kappa shape index (κ2) is 10.5. The Labute approximate surface area is 184 Å². The van der Waals surface area contributed by atoms with Crippen LogP contribution < -0.4 is 0 Å². The summed E-state index contributed by atoms with van der Waals surface area (Å²) in [4.78, 5) is 16.0. The summed E-state index contributed by atoms with van der Waals surface area (Å²) >= 11 is 0. The van der Waals surface area contributed by atoms with E-state index in [9.17, 15) is 4.79 Å². The van der Waals surface area contributed by atoms with Crippen LogP contribution in [0.5, 0.6) is 0 Å². The Morgan fingerprint density at radius 3 is 1.39 bits per heavy atom. The van der Waals surface area contributed by atoms with Gasteiger partial charge in [-0.15, -0.1) is 0 Å². The fraction of sp³-hybridized carbons (Fsp3) is 0.138. The number of rotatable bonds is 9. The molecule has 0 aliphatic heterocycles. The predicted octanol–water partition coefficient (Wildman–Crippen LogP) is 6.18. The molecule has 0 bridgehead atoms. The number of carbonyl (C=O) groups excluding carboxylic acids is 1. The maximum Gasteiger partial charge on any atom is 0.180 e. The van der Waals surface area contributed by atoms with Crippen molar-refractivity contribution in [2.45, 2.75) is 25.6 Å². The molecule has 0 radical (unpaired) electrons. The molecule has 2 nitrogen and oxygen atoms in total. The minimum Gasteiger partial charge on any atom is -0.292 e. The summed E-state index contributed by atoms with van der Waals surface area (Å²) in [6, 6.07) is 40.5. The molecule has 0 fully saturated rings. The van der Waals surface area contributed by atoms with Crippen LogP contribution in [0.25, 0.3) is 0 Å². The van der Waals surface area contributed by atoms with Crippen LogP contribution in [0.15, 0.2) is 121 Å². The highest BCUT2D eigenvalue weighted by molar-refractivity contribution is 6.00. The number of hydrogen-bond donors (Lipinski definition) is 0. The molecule has 4 rings (SSSR count). The number of nitrogens with zero attached hydrogens (tertiary/aromatic N) is 1. The van der Waals surface area contributed by atoms with E-state index in [0.717, 1.165) is 5.56 Å². The molecule has 4 aromatic rings. The largest absolute Gasteiger partial charge is 0.292 e. The molecule has 1 atom stereocenters. The van der Waals surface area contributed by atoms with Crippen LogP contribution in [0.4, 0.5) is 0 Å². The quantitative estimate of drug-likeness (QED) is 0.310. The molecule has 0 spiro atoms. The molecule has 4 aromatic carbocycles. The first-order chi connectivity index (χ1) is 15.3. The highest BCUT2D eigenvalue weighted by atomic mass is 16.1. The van der Waals surface area contributed by atoms with E-state index in [1.54, 1.807) is 0 Å². The van der Waals surface area contributed by atoms with E-state index in [1.807, 2.05) is 60.7 Å². The van der Waals surface area contributed by atoms with Gasteiger partial charge in [-0.3, -0.25) is 9.69 Å². The zero-order valence-corrected chi connectivity index (χ0v) is 17.6. The average Bonchev–Trinajstić information content (AvgIpc) is 2.84. The monoisotopic (exact) mass is 405 g/mol. The van der Waals surface area contributed by atoms with Crippen LogP contribution in [0.2, 0.25) is 0 Å². The number of ketones is 1. The maximum atomic E-state index is 13.7. The van der Waals surface area contributed by atoms with Gasteiger partial charge in [0.25, 0.3) is 0 Å². The topological polar surface area (TPSA) is 20.3 Å². The van der Waals surface area contributed by atoms with Crippen molar-refractivity contribution < 1.29 is 4.79 Å². The molecule has 0 aliphatic rings. The van der Waals surface area contributed by atoms with Crippen molar-refractivity contribution in [1.82, 2.24) is 4.90 Å². The van der Waals surface area contributed by atoms with Gasteiger partial charge in [-0.1, -0.05) is 121 Å². The highest BCUT2D eigenvalue weighted by Gasteiger charge is 2.27. The first kappa shape index (κ1) is 20.8. The minimum absolute atomic E-state index is 0.163. The molecule has 2 heteroatoms. The summed E-state index contributed by atoms with van der Waals surface area (Å²) in [7, 11) is 0. The van der Waals surface area contributed by atoms with Gasteiger partial charge in [0, 0.05) is 18.7 Å². The summed E-state index contributed by atoms with van der Waals surface area (Å²) in [5.41, 5.74) is 4.34. The molecule has 0 unspecified atom stereocenters. The molecule has 0 aromatic heterocycles. The van der Waals surface area contributed by atoms with Crippen molar-refractivity contribution in [3.8, 4) is 0 Å². The van der Waals surface area contributed by atoms with Gasteiger partial charge in [0.05, 0.1) is 6.04 Å². The van der Waals surface area contributed by atoms with Crippen molar-refractivity contribution in [2.75, 3.05) is 0 Å². The van der Waals surface area contributed by atoms with Crippen LogP contribution in [-0.4, -0.2) is 16.7 Å². The molecular formula is C29H27NO. The Hall–Kier alpha value is -3.49. The van der Waals surface area contributed by atoms with Crippen LogP contribution in [-0.2, 0) is 19.5 Å². The lowest BCUT2D eigenvalue weighted by Crippen LogP contribution is -2.42.